The van der Waals surface area contributed by atoms with Gasteiger partial charge in [0.05, 0.1) is 12.2 Å². The summed E-state index contributed by atoms with van der Waals surface area (Å²) in [4.78, 5) is 8.67. The number of rotatable bonds is 4. The van der Waals surface area contributed by atoms with Crippen LogP contribution in [-0.2, 0) is 13.1 Å². The van der Waals surface area contributed by atoms with Crippen LogP contribution in [0.25, 0.3) is 10.8 Å². The van der Waals surface area contributed by atoms with Crippen molar-refractivity contribution in [3.05, 3.63) is 77.4 Å². The molecule has 2 N–H and O–H groups in total. The largest absolute Gasteiger partial charge is 0.352 e. The van der Waals surface area contributed by atoms with Crippen LogP contribution in [0.15, 0.2) is 59.7 Å². The van der Waals surface area contributed by atoms with E-state index in [0.717, 1.165) is 22.0 Å². The lowest BCUT2D eigenvalue weighted by Crippen LogP contribution is -2.36. The first-order valence-corrected chi connectivity index (χ1v) is 8.19. The number of aliphatic imine (C=N–C) groups is 1. The SMILES string of the molecule is CN=C(NCc1ccc(C)c(F)c1)NCc1nccc2ccccc12.I. The molecule has 0 bridgehead atoms. The first-order valence-electron chi connectivity index (χ1n) is 8.19. The van der Waals surface area contributed by atoms with E-state index in [0.29, 0.717) is 24.6 Å². The van der Waals surface area contributed by atoms with Gasteiger partial charge in [0.25, 0.3) is 0 Å². The fourth-order valence-electron chi connectivity index (χ4n) is 2.64. The molecule has 0 spiro atoms. The minimum Gasteiger partial charge on any atom is -0.352 e. The number of nitrogens with zero attached hydrogens (tertiary/aromatic N) is 2. The summed E-state index contributed by atoms with van der Waals surface area (Å²) < 4.78 is 13.6. The Morgan fingerprint density at radius 2 is 1.85 bits per heavy atom. The summed E-state index contributed by atoms with van der Waals surface area (Å²) in [7, 11) is 1.71. The molecule has 0 amide bonds. The zero-order valence-electron chi connectivity index (χ0n) is 14.8. The summed E-state index contributed by atoms with van der Waals surface area (Å²) in [6, 6.07) is 15.4. The molecule has 0 aliphatic rings. The minimum absolute atomic E-state index is 0. The fourth-order valence-corrected chi connectivity index (χ4v) is 2.64. The molecule has 0 saturated heterocycles. The quantitative estimate of drug-likeness (QED) is 0.346. The number of pyridine rings is 1. The molecule has 136 valence electrons. The van der Waals surface area contributed by atoms with Crippen LogP contribution in [0.3, 0.4) is 0 Å². The van der Waals surface area contributed by atoms with Crippen LogP contribution in [0.2, 0.25) is 0 Å². The third-order valence-corrected chi connectivity index (χ3v) is 4.10. The summed E-state index contributed by atoms with van der Waals surface area (Å²) in [6.45, 7) is 2.81. The number of nitrogens with one attached hydrogen (secondary N) is 2. The van der Waals surface area contributed by atoms with Crippen LogP contribution in [0, 0.1) is 12.7 Å². The molecule has 1 aromatic heterocycles. The molecule has 26 heavy (non-hydrogen) atoms. The summed E-state index contributed by atoms with van der Waals surface area (Å²) >= 11 is 0. The van der Waals surface area contributed by atoms with Crippen molar-refractivity contribution in [1.82, 2.24) is 15.6 Å². The summed E-state index contributed by atoms with van der Waals surface area (Å²) in [5, 5.41) is 8.73. The second-order valence-corrected chi connectivity index (χ2v) is 5.84. The van der Waals surface area contributed by atoms with Gasteiger partial charge in [0.1, 0.15) is 5.82 Å². The van der Waals surface area contributed by atoms with Gasteiger partial charge in [-0.15, -0.1) is 24.0 Å². The van der Waals surface area contributed by atoms with Crippen molar-refractivity contribution in [3.63, 3.8) is 0 Å². The lowest BCUT2D eigenvalue weighted by atomic mass is 10.1. The number of aromatic nitrogens is 1. The first-order chi connectivity index (χ1) is 12.2. The molecule has 6 heteroatoms. The maximum Gasteiger partial charge on any atom is 0.191 e. The topological polar surface area (TPSA) is 49.3 Å². The Kier molecular flexibility index (Phi) is 7.32. The number of fused-ring (bicyclic) bond motifs is 1. The van der Waals surface area contributed by atoms with Gasteiger partial charge >= 0.3 is 0 Å². The van der Waals surface area contributed by atoms with Gasteiger partial charge in [-0.3, -0.25) is 9.98 Å². The molecule has 0 saturated carbocycles. The van der Waals surface area contributed by atoms with E-state index in [1.807, 2.05) is 30.5 Å². The molecule has 0 atom stereocenters. The lowest BCUT2D eigenvalue weighted by Gasteiger charge is -2.13. The Bertz CT molecular complexity index is 906. The lowest BCUT2D eigenvalue weighted by molar-refractivity contribution is 0.615. The van der Waals surface area contributed by atoms with Gasteiger partial charge in [-0.1, -0.05) is 36.4 Å². The molecule has 0 aliphatic heterocycles. The maximum absolute atomic E-state index is 13.6. The number of guanidine groups is 1. The zero-order valence-corrected chi connectivity index (χ0v) is 17.1. The Balaban J connectivity index is 0.00000243. The normalized spacial score (nSPS) is 11.1. The molecule has 0 radical (unpaired) electrons. The van der Waals surface area contributed by atoms with E-state index < -0.39 is 0 Å². The Morgan fingerprint density at radius 3 is 2.62 bits per heavy atom. The van der Waals surface area contributed by atoms with E-state index >= 15 is 0 Å². The smallest absolute Gasteiger partial charge is 0.191 e. The Hall–Kier alpha value is -2.22. The first kappa shape index (κ1) is 20.1. The number of aryl methyl sites for hydroxylation is 1. The van der Waals surface area contributed by atoms with Crippen LogP contribution in [0.4, 0.5) is 4.39 Å². The standard InChI is InChI=1S/C20H21FN4.HI/c1-14-7-8-15(11-18(14)21)12-24-20(22-2)25-13-19-17-6-4-3-5-16(17)9-10-23-19;/h3-11H,12-13H2,1-2H3,(H2,22,24,25);1H. The predicted octanol–water partition coefficient (Wildman–Crippen LogP) is 4.17. The molecular weight excluding hydrogens is 442 g/mol. The van der Waals surface area contributed by atoms with E-state index in [2.05, 4.69) is 32.7 Å². The highest BCUT2D eigenvalue weighted by Crippen LogP contribution is 2.16. The van der Waals surface area contributed by atoms with Crippen molar-refractivity contribution in [2.75, 3.05) is 7.05 Å². The minimum atomic E-state index is -0.192. The molecule has 0 unspecified atom stereocenters. The van der Waals surface area contributed by atoms with Crippen molar-refractivity contribution >= 4 is 40.7 Å². The number of halogens is 2. The molecule has 3 rings (SSSR count). The van der Waals surface area contributed by atoms with Crippen molar-refractivity contribution in [3.8, 4) is 0 Å². The van der Waals surface area contributed by atoms with Gasteiger partial charge in [0, 0.05) is 25.2 Å². The van der Waals surface area contributed by atoms with E-state index in [-0.39, 0.29) is 29.8 Å². The van der Waals surface area contributed by atoms with Gasteiger partial charge in [-0.05, 0) is 35.6 Å². The van der Waals surface area contributed by atoms with E-state index in [1.165, 1.54) is 0 Å². The summed E-state index contributed by atoms with van der Waals surface area (Å²) in [5.74, 6) is 0.456. The van der Waals surface area contributed by atoms with Crippen molar-refractivity contribution in [2.24, 2.45) is 4.99 Å². The monoisotopic (exact) mass is 464 g/mol. The van der Waals surface area contributed by atoms with Crippen LogP contribution in [0.1, 0.15) is 16.8 Å². The van der Waals surface area contributed by atoms with Crippen molar-refractivity contribution in [1.29, 1.82) is 0 Å². The average Bonchev–Trinajstić information content (AvgIpc) is 2.64. The second kappa shape index (κ2) is 9.47. The Morgan fingerprint density at radius 1 is 1.08 bits per heavy atom. The van der Waals surface area contributed by atoms with E-state index in [9.17, 15) is 4.39 Å². The molecule has 2 aromatic carbocycles. The molecular formula is C20H22FIN4. The van der Waals surface area contributed by atoms with Gasteiger partial charge in [0.15, 0.2) is 5.96 Å². The molecule has 3 aromatic rings. The van der Waals surface area contributed by atoms with Gasteiger partial charge < -0.3 is 10.6 Å². The highest BCUT2D eigenvalue weighted by Gasteiger charge is 2.05. The maximum atomic E-state index is 13.6. The van der Waals surface area contributed by atoms with E-state index in [1.54, 1.807) is 26.1 Å². The molecule has 0 aliphatic carbocycles. The Labute approximate surface area is 170 Å². The number of hydrogen-bond donors (Lipinski definition) is 2. The number of hydrogen-bond acceptors (Lipinski definition) is 2. The number of benzene rings is 2. The van der Waals surface area contributed by atoms with Crippen LogP contribution < -0.4 is 10.6 Å². The highest BCUT2D eigenvalue weighted by molar-refractivity contribution is 14.0. The average molecular weight is 464 g/mol. The third-order valence-electron chi connectivity index (χ3n) is 4.10. The zero-order chi connectivity index (χ0) is 17.6. The highest BCUT2D eigenvalue weighted by atomic mass is 127. The van der Waals surface area contributed by atoms with Crippen molar-refractivity contribution in [2.45, 2.75) is 20.0 Å². The third kappa shape index (κ3) is 4.91. The summed E-state index contributed by atoms with van der Waals surface area (Å²) in [6.07, 6.45) is 1.81. The fraction of sp³-hybridized carbons (Fsp3) is 0.200. The van der Waals surface area contributed by atoms with Crippen LogP contribution in [0.5, 0.6) is 0 Å². The predicted molar refractivity (Wildman–Crippen MR) is 115 cm³/mol. The van der Waals surface area contributed by atoms with E-state index in [4.69, 9.17) is 0 Å². The summed E-state index contributed by atoms with van der Waals surface area (Å²) in [5.41, 5.74) is 2.48. The second-order valence-electron chi connectivity index (χ2n) is 5.84. The van der Waals surface area contributed by atoms with Crippen molar-refractivity contribution < 1.29 is 4.39 Å². The van der Waals surface area contributed by atoms with Gasteiger partial charge in [0.2, 0.25) is 0 Å². The van der Waals surface area contributed by atoms with Gasteiger partial charge in [-0.2, -0.15) is 0 Å². The van der Waals surface area contributed by atoms with Crippen LogP contribution >= 0.6 is 24.0 Å². The van der Waals surface area contributed by atoms with Gasteiger partial charge in [-0.25, -0.2) is 4.39 Å². The molecule has 4 nitrogen and oxygen atoms in total. The molecule has 0 fully saturated rings. The van der Waals surface area contributed by atoms with Crippen LogP contribution in [-0.4, -0.2) is 18.0 Å². The molecule has 1 heterocycles.